The second kappa shape index (κ2) is 7.51. The van der Waals surface area contributed by atoms with Crippen LogP contribution in [0.3, 0.4) is 0 Å². The minimum absolute atomic E-state index is 0.315. The Morgan fingerprint density at radius 2 is 2.05 bits per heavy atom. The Hall–Kier alpha value is -1.73. The number of rotatable bonds is 6. The van der Waals surface area contributed by atoms with E-state index in [9.17, 15) is 9.59 Å². The van der Waals surface area contributed by atoms with Gasteiger partial charge in [-0.1, -0.05) is 11.6 Å². The molecule has 0 saturated carbocycles. The third-order valence-electron chi connectivity index (χ3n) is 3.14. The van der Waals surface area contributed by atoms with Crippen LogP contribution in [0.25, 0.3) is 0 Å². The number of pyridine rings is 1. The lowest BCUT2D eigenvalue weighted by Gasteiger charge is -2.11. The second-order valence-corrected chi connectivity index (χ2v) is 6.23. The van der Waals surface area contributed by atoms with Crippen molar-refractivity contribution in [3.8, 4) is 0 Å². The van der Waals surface area contributed by atoms with Crippen molar-refractivity contribution in [3.05, 3.63) is 56.0 Å². The molecule has 2 aromatic rings. The smallest absolute Gasteiger partial charge is 0.332 e. The van der Waals surface area contributed by atoms with E-state index in [1.165, 1.54) is 17.7 Å². The molecule has 0 saturated heterocycles. The van der Waals surface area contributed by atoms with Crippen LogP contribution in [0, 0.1) is 0 Å². The molecule has 0 radical (unpaired) electrons. The van der Waals surface area contributed by atoms with Gasteiger partial charge in [0.15, 0.2) is 0 Å². The molecular weight excluding hydrogens is 324 g/mol. The van der Waals surface area contributed by atoms with Crippen molar-refractivity contribution in [3.63, 3.8) is 0 Å². The summed E-state index contributed by atoms with van der Waals surface area (Å²) in [5.74, 6) is 2.20. The number of thioether (sulfide) groups is 1. The van der Waals surface area contributed by atoms with Gasteiger partial charge < -0.3 is 5.32 Å². The van der Waals surface area contributed by atoms with E-state index < -0.39 is 0 Å². The van der Waals surface area contributed by atoms with Gasteiger partial charge in [0.05, 0.1) is 0 Å². The van der Waals surface area contributed by atoms with Crippen LogP contribution in [0.15, 0.2) is 34.0 Å². The summed E-state index contributed by atoms with van der Waals surface area (Å²) in [6, 6.07) is 5.19. The van der Waals surface area contributed by atoms with Crippen LogP contribution >= 0.6 is 23.4 Å². The Labute approximate surface area is 137 Å². The molecule has 22 heavy (non-hydrogen) atoms. The van der Waals surface area contributed by atoms with E-state index in [1.54, 1.807) is 25.0 Å². The van der Waals surface area contributed by atoms with E-state index in [2.05, 4.69) is 10.3 Å². The Kier molecular flexibility index (Phi) is 5.68. The van der Waals surface area contributed by atoms with E-state index >= 15 is 0 Å². The quantitative estimate of drug-likeness (QED) is 0.637. The molecule has 0 fully saturated rings. The van der Waals surface area contributed by atoms with Crippen LogP contribution in [0.2, 0.25) is 5.15 Å². The molecule has 6 nitrogen and oxygen atoms in total. The van der Waals surface area contributed by atoms with E-state index in [-0.39, 0.29) is 11.2 Å². The zero-order valence-electron chi connectivity index (χ0n) is 12.4. The van der Waals surface area contributed by atoms with Crippen molar-refractivity contribution in [1.82, 2.24) is 14.1 Å². The molecule has 2 heterocycles. The average Bonchev–Trinajstić information content (AvgIpc) is 2.50. The van der Waals surface area contributed by atoms with Crippen molar-refractivity contribution < 1.29 is 0 Å². The number of anilines is 1. The topological polar surface area (TPSA) is 68.9 Å². The first-order valence-electron chi connectivity index (χ1n) is 6.68. The van der Waals surface area contributed by atoms with E-state index in [1.807, 2.05) is 12.1 Å². The number of nitrogens with one attached hydrogen (secondary N) is 1. The number of halogens is 1. The van der Waals surface area contributed by atoms with Crippen LogP contribution in [0.5, 0.6) is 0 Å². The molecule has 2 rings (SSSR count). The van der Waals surface area contributed by atoms with Gasteiger partial charge in [-0.3, -0.25) is 13.9 Å². The maximum atomic E-state index is 11.8. The van der Waals surface area contributed by atoms with Gasteiger partial charge in [-0.2, -0.15) is 11.8 Å². The third kappa shape index (κ3) is 4.14. The highest BCUT2D eigenvalue weighted by Gasteiger charge is 2.04. The van der Waals surface area contributed by atoms with Crippen LogP contribution in [0.1, 0.15) is 5.56 Å². The van der Waals surface area contributed by atoms with Crippen LogP contribution in [-0.4, -0.2) is 26.4 Å². The van der Waals surface area contributed by atoms with Gasteiger partial charge in [0.1, 0.15) is 11.0 Å². The summed E-state index contributed by atoms with van der Waals surface area (Å²) >= 11 is 7.56. The minimum Gasteiger partial charge on any atom is -0.370 e. The number of aromatic nitrogens is 3. The highest BCUT2D eigenvalue weighted by atomic mass is 35.5. The fraction of sp³-hybridized carbons (Fsp3) is 0.357. The van der Waals surface area contributed by atoms with Crippen molar-refractivity contribution in [2.45, 2.75) is 5.75 Å². The molecular formula is C14H17ClN4O2S. The lowest BCUT2D eigenvalue weighted by molar-refractivity contribution is 0.690. The molecule has 0 spiro atoms. The molecule has 0 aliphatic heterocycles. The van der Waals surface area contributed by atoms with Crippen molar-refractivity contribution in [2.24, 2.45) is 14.1 Å². The maximum Gasteiger partial charge on any atom is 0.332 e. The second-order valence-electron chi connectivity index (χ2n) is 4.73. The number of nitrogens with zero attached hydrogens (tertiary/aromatic N) is 3. The zero-order valence-corrected chi connectivity index (χ0v) is 13.9. The molecule has 0 aliphatic rings. The van der Waals surface area contributed by atoms with Gasteiger partial charge in [0, 0.05) is 44.4 Å². The zero-order chi connectivity index (χ0) is 16.1. The summed E-state index contributed by atoms with van der Waals surface area (Å²) in [6.45, 7) is 0.657. The monoisotopic (exact) mass is 340 g/mol. The Morgan fingerprint density at radius 3 is 2.77 bits per heavy atom. The van der Waals surface area contributed by atoms with Crippen molar-refractivity contribution >= 4 is 29.2 Å². The Balaban J connectivity index is 1.85. The fourth-order valence-corrected chi connectivity index (χ4v) is 2.88. The molecule has 1 N–H and O–H groups in total. The predicted molar refractivity (Wildman–Crippen MR) is 90.8 cm³/mol. The highest BCUT2D eigenvalue weighted by molar-refractivity contribution is 7.98. The van der Waals surface area contributed by atoms with E-state index in [4.69, 9.17) is 11.6 Å². The maximum absolute atomic E-state index is 11.8. The van der Waals surface area contributed by atoms with Gasteiger partial charge in [-0.25, -0.2) is 9.78 Å². The standard InChI is InChI=1S/C14H17ClN4O2S/c1-18-12(8-13(20)19(2)14(18)21)17-5-6-22-9-10-3-4-16-11(15)7-10/h3-4,7-8,17H,5-6,9H2,1-2H3. The van der Waals surface area contributed by atoms with Gasteiger partial charge >= 0.3 is 5.69 Å². The molecule has 2 aromatic heterocycles. The summed E-state index contributed by atoms with van der Waals surface area (Å²) in [6.07, 6.45) is 1.69. The number of hydrogen-bond acceptors (Lipinski definition) is 5. The highest BCUT2D eigenvalue weighted by Crippen LogP contribution is 2.14. The Bertz CT molecular complexity index is 772. The van der Waals surface area contributed by atoms with Crippen LogP contribution in [0.4, 0.5) is 5.82 Å². The molecule has 118 valence electrons. The lowest BCUT2D eigenvalue weighted by atomic mass is 10.3. The molecule has 0 aromatic carbocycles. The molecule has 0 bridgehead atoms. The van der Waals surface area contributed by atoms with E-state index in [0.717, 1.165) is 21.6 Å². The number of hydrogen-bond donors (Lipinski definition) is 1. The summed E-state index contributed by atoms with van der Waals surface area (Å²) in [7, 11) is 3.10. The van der Waals surface area contributed by atoms with E-state index in [0.29, 0.717) is 17.5 Å². The molecule has 0 atom stereocenters. The summed E-state index contributed by atoms with van der Waals surface area (Å²) in [4.78, 5) is 27.3. The summed E-state index contributed by atoms with van der Waals surface area (Å²) < 4.78 is 2.50. The third-order valence-corrected chi connectivity index (χ3v) is 4.38. The SMILES string of the molecule is Cn1c(NCCSCc2ccnc(Cl)c2)cc(=O)n(C)c1=O. The average molecular weight is 341 g/mol. The molecule has 0 amide bonds. The van der Waals surface area contributed by atoms with Crippen molar-refractivity contribution in [1.29, 1.82) is 0 Å². The van der Waals surface area contributed by atoms with Gasteiger partial charge in [0.25, 0.3) is 5.56 Å². The fourth-order valence-electron chi connectivity index (χ4n) is 1.88. The first kappa shape index (κ1) is 16.6. The first-order chi connectivity index (χ1) is 10.5. The van der Waals surface area contributed by atoms with Gasteiger partial charge in [-0.05, 0) is 17.7 Å². The lowest BCUT2D eigenvalue weighted by Crippen LogP contribution is -2.37. The van der Waals surface area contributed by atoms with Crippen molar-refractivity contribution in [2.75, 3.05) is 17.6 Å². The van der Waals surface area contributed by atoms with Crippen LogP contribution in [-0.2, 0) is 19.8 Å². The Morgan fingerprint density at radius 1 is 1.27 bits per heavy atom. The minimum atomic E-state index is -0.339. The normalized spacial score (nSPS) is 10.7. The van der Waals surface area contributed by atoms with Gasteiger partial charge in [0.2, 0.25) is 0 Å². The molecule has 0 unspecified atom stereocenters. The predicted octanol–water partition coefficient (Wildman–Crippen LogP) is 1.48. The molecule has 0 aliphatic carbocycles. The summed E-state index contributed by atoms with van der Waals surface area (Å²) in [5, 5.41) is 3.60. The van der Waals surface area contributed by atoms with Gasteiger partial charge in [-0.15, -0.1) is 0 Å². The largest absolute Gasteiger partial charge is 0.370 e. The first-order valence-corrected chi connectivity index (χ1v) is 8.21. The van der Waals surface area contributed by atoms with Crippen LogP contribution < -0.4 is 16.6 Å². The molecule has 8 heteroatoms. The summed E-state index contributed by atoms with van der Waals surface area (Å²) in [5.41, 5.74) is 0.463.